The number of Topliss-reactive ketones (excluding diaryl/α,β-unsaturated/α-hetero) is 1. The summed E-state index contributed by atoms with van der Waals surface area (Å²) in [5, 5.41) is 39.6. The van der Waals surface area contributed by atoms with Crippen LogP contribution in [0.1, 0.15) is 83.6 Å². The molecular weight excluding hydrogens is 928 g/mol. The summed E-state index contributed by atoms with van der Waals surface area (Å²) >= 11 is 24.4. The number of ketones is 1. The molecule has 334 valence electrons. The third-order valence-corrected chi connectivity index (χ3v) is 11.9. The lowest BCUT2D eigenvalue weighted by atomic mass is 9.34. The number of amides is 2. The number of aryl methyl sites for hydroxylation is 2. The van der Waals surface area contributed by atoms with Gasteiger partial charge in [0.2, 0.25) is 0 Å². The Balaban J connectivity index is 0.000000199. The van der Waals surface area contributed by atoms with Crippen LogP contribution in [-0.4, -0.2) is 79.0 Å². The standard InChI is InChI=1S/C24H21Cl2N7O3.C17H14Cl2N6O4/c1-13(14-4-3-7-28-19(14)25)36-22(35)30-21-18(31-32-33(21)2)16-6-5-15(20(26)29-16)17(34)8-23-9-24(10-23,11-23)12-27;1-8(9-4-3-7-20-13(9)18)29-17(28)22-15-12(23-24-25(15)2)11-6-5-10(16(26)27)14(19)21-11/h3-7,13H,8-11H2,1-2H3,(H,30,35);3-8H,1-2H3,(H,22,28)(H,26,27)/t13-,23?,24?;8-/m11/s1. The summed E-state index contributed by atoms with van der Waals surface area (Å²) in [6, 6.07) is 15.0. The number of nitriles is 1. The van der Waals surface area contributed by atoms with Crippen LogP contribution in [0.25, 0.3) is 22.8 Å². The summed E-state index contributed by atoms with van der Waals surface area (Å²) in [6.45, 7) is 3.33. The maximum absolute atomic E-state index is 12.9. The van der Waals surface area contributed by atoms with Gasteiger partial charge in [0.05, 0.1) is 34.0 Å². The topological polar surface area (TPSA) is 268 Å². The predicted octanol–water partition coefficient (Wildman–Crippen LogP) is 8.74. The van der Waals surface area contributed by atoms with Crippen LogP contribution >= 0.6 is 46.4 Å². The quantitative estimate of drug-likeness (QED) is 0.0764. The van der Waals surface area contributed by atoms with Gasteiger partial charge in [0.1, 0.15) is 32.8 Å². The molecule has 2 amide bonds. The largest absolute Gasteiger partial charge is 0.478 e. The molecule has 6 heterocycles. The summed E-state index contributed by atoms with van der Waals surface area (Å²) in [4.78, 5) is 65.2. The molecule has 3 aliphatic rings. The number of anilines is 2. The van der Waals surface area contributed by atoms with Crippen molar-refractivity contribution in [3.05, 3.63) is 104 Å². The van der Waals surface area contributed by atoms with Gasteiger partial charge in [-0.05, 0) is 74.9 Å². The van der Waals surface area contributed by atoms with Crippen molar-refractivity contribution in [2.75, 3.05) is 10.6 Å². The number of hydrogen-bond acceptors (Lipinski definition) is 15. The van der Waals surface area contributed by atoms with Gasteiger partial charge in [-0.2, -0.15) is 5.26 Å². The van der Waals surface area contributed by atoms with Gasteiger partial charge in [-0.15, -0.1) is 10.2 Å². The molecular formula is C41H35Cl4N13O7. The Bertz CT molecular complexity index is 2880. The third-order valence-electron chi connectivity index (χ3n) is 10.7. The molecule has 3 fully saturated rings. The van der Waals surface area contributed by atoms with Crippen molar-refractivity contribution in [1.82, 2.24) is 49.9 Å². The number of nitrogens with zero attached hydrogens (tertiary/aromatic N) is 11. The molecule has 2 atom stereocenters. The normalized spacial score (nSPS) is 17.7. The Kier molecular flexibility index (Phi) is 13.3. The van der Waals surface area contributed by atoms with Crippen LogP contribution in [0.15, 0.2) is 60.9 Å². The SMILES string of the molecule is C[C@@H](OC(=O)Nc1c(-c2ccc(C(=O)CC34CC(C#N)(C3)C4)c(Cl)n2)nnn1C)c1cccnc1Cl.C[C@@H](OC(=O)Nc1c(-c2ccc(C(=O)O)c(Cl)n2)nnn1C)c1cccnc1Cl. The number of ether oxygens (including phenoxy) is 2. The second kappa shape index (κ2) is 18.7. The van der Waals surface area contributed by atoms with Crippen molar-refractivity contribution in [2.45, 2.75) is 51.7 Å². The highest BCUT2D eigenvalue weighted by molar-refractivity contribution is 6.33. The van der Waals surface area contributed by atoms with E-state index < -0.39 is 30.4 Å². The number of carbonyl (C=O) groups excluding carboxylic acids is 3. The van der Waals surface area contributed by atoms with E-state index in [1.54, 1.807) is 70.5 Å². The maximum atomic E-state index is 12.9. The Morgan fingerprint density at radius 3 is 1.58 bits per heavy atom. The van der Waals surface area contributed by atoms with Crippen LogP contribution in [0, 0.1) is 22.2 Å². The van der Waals surface area contributed by atoms with Gasteiger partial charge in [0.15, 0.2) is 28.8 Å². The molecule has 9 rings (SSSR count). The van der Waals surface area contributed by atoms with E-state index in [-0.39, 0.29) is 71.5 Å². The molecule has 2 bridgehead atoms. The van der Waals surface area contributed by atoms with Crippen LogP contribution in [0.3, 0.4) is 0 Å². The molecule has 0 aromatic carbocycles. The van der Waals surface area contributed by atoms with Crippen LogP contribution in [0.2, 0.25) is 20.6 Å². The molecule has 6 aromatic rings. The molecule has 0 radical (unpaired) electrons. The molecule has 0 aliphatic heterocycles. The fraction of sp³-hybridized carbons (Fsp3) is 0.293. The highest BCUT2D eigenvalue weighted by Crippen LogP contribution is 2.74. The number of halogens is 4. The molecule has 20 nitrogen and oxygen atoms in total. The number of hydrogen-bond donors (Lipinski definition) is 3. The van der Waals surface area contributed by atoms with Gasteiger partial charge < -0.3 is 14.6 Å². The first-order chi connectivity index (χ1) is 30.9. The van der Waals surface area contributed by atoms with Crippen molar-refractivity contribution in [1.29, 1.82) is 5.26 Å². The molecule has 24 heteroatoms. The van der Waals surface area contributed by atoms with Crippen LogP contribution < -0.4 is 10.6 Å². The zero-order chi connectivity index (χ0) is 46.8. The van der Waals surface area contributed by atoms with Crippen molar-refractivity contribution < 1.29 is 33.8 Å². The average molecular weight is 964 g/mol. The summed E-state index contributed by atoms with van der Waals surface area (Å²) in [6.07, 6.45) is 2.87. The first-order valence-electron chi connectivity index (χ1n) is 19.4. The van der Waals surface area contributed by atoms with Gasteiger partial charge >= 0.3 is 18.2 Å². The monoisotopic (exact) mass is 961 g/mol. The van der Waals surface area contributed by atoms with Crippen molar-refractivity contribution in [3.8, 4) is 28.8 Å². The van der Waals surface area contributed by atoms with Gasteiger partial charge in [-0.1, -0.05) is 69.0 Å². The van der Waals surface area contributed by atoms with Gasteiger partial charge in [-0.3, -0.25) is 15.4 Å². The minimum Gasteiger partial charge on any atom is -0.478 e. The van der Waals surface area contributed by atoms with E-state index in [2.05, 4.69) is 57.3 Å². The first kappa shape index (κ1) is 46.2. The van der Waals surface area contributed by atoms with Crippen LogP contribution in [-0.2, 0) is 23.6 Å². The van der Waals surface area contributed by atoms with Gasteiger partial charge in [0.25, 0.3) is 0 Å². The lowest BCUT2D eigenvalue weighted by Crippen LogP contribution is -2.61. The third kappa shape index (κ3) is 9.83. The minimum atomic E-state index is -1.21. The molecule has 0 unspecified atom stereocenters. The zero-order valence-electron chi connectivity index (χ0n) is 34.6. The van der Waals surface area contributed by atoms with Crippen molar-refractivity contribution in [3.63, 3.8) is 0 Å². The van der Waals surface area contributed by atoms with E-state index in [4.69, 9.17) is 61.0 Å². The lowest BCUT2D eigenvalue weighted by molar-refractivity contribution is -0.159. The smallest absolute Gasteiger partial charge is 0.413 e. The summed E-state index contributed by atoms with van der Waals surface area (Å²) in [5.41, 5.74) is 1.99. The number of carbonyl (C=O) groups is 4. The Labute approximate surface area is 389 Å². The Morgan fingerprint density at radius 1 is 0.738 bits per heavy atom. The summed E-state index contributed by atoms with van der Waals surface area (Å²) < 4.78 is 13.4. The Morgan fingerprint density at radius 2 is 1.18 bits per heavy atom. The molecule has 0 saturated heterocycles. The van der Waals surface area contributed by atoms with E-state index in [0.29, 0.717) is 28.8 Å². The van der Waals surface area contributed by atoms with E-state index in [1.165, 1.54) is 27.7 Å². The van der Waals surface area contributed by atoms with Gasteiger partial charge in [0, 0.05) is 44.0 Å². The van der Waals surface area contributed by atoms with Crippen LogP contribution in [0.4, 0.5) is 21.2 Å². The molecule has 3 N–H and O–H groups in total. The molecule has 3 saturated carbocycles. The second-order valence-electron chi connectivity index (χ2n) is 15.3. The van der Waals surface area contributed by atoms with Crippen LogP contribution in [0.5, 0.6) is 0 Å². The number of nitrogens with one attached hydrogen (secondary N) is 2. The zero-order valence-corrected chi connectivity index (χ0v) is 37.6. The van der Waals surface area contributed by atoms with Crippen molar-refractivity contribution in [2.24, 2.45) is 24.9 Å². The second-order valence-corrected chi connectivity index (χ2v) is 16.8. The number of aromatic nitrogens is 10. The number of rotatable bonds is 12. The number of carboxylic acids is 1. The molecule has 65 heavy (non-hydrogen) atoms. The summed E-state index contributed by atoms with van der Waals surface area (Å²) in [7, 11) is 3.16. The lowest BCUT2D eigenvalue weighted by Gasteiger charge is -2.67. The fourth-order valence-corrected chi connectivity index (χ4v) is 8.72. The first-order valence-corrected chi connectivity index (χ1v) is 20.9. The number of carboxylic acid groups (broad SMARTS) is 1. The maximum Gasteiger partial charge on any atom is 0.413 e. The van der Waals surface area contributed by atoms with E-state index in [9.17, 15) is 24.4 Å². The molecule has 3 aliphatic carbocycles. The van der Waals surface area contributed by atoms with E-state index in [0.717, 1.165) is 19.3 Å². The molecule has 6 aromatic heterocycles. The minimum absolute atomic E-state index is 0.0399. The van der Waals surface area contributed by atoms with Crippen molar-refractivity contribution >= 4 is 82.0 Å². The van der Waals surface area contributed by atoms with Gasteiger partial charge in [-0.25, -0.2) is 43.7 Å². The predicted molar refractivity (Wildman–Crippen MR) is 234 cm³/mol. The summed E-state index contributed by atoms with van der Waals surface area (Å²) in [5.74, 6) is -0.887. The number of pyridine rings is 4. The highest BCUT2D eigenvalue weighted by Gasteiger charge is 2.68. The van der Waals surface area contributed by atoms with E-state index >= 15 is 0 Å². The Hall–Kier alpha value is -6.79. The number of aromatic carboxylic acids is 1. The average Bonchev–Trinajstić information content (AvgIpc) is 3.78. The van der Waals surface area contributed by atoms with E-state index in [1.807, 2.05) is 0 Å². The molecule has 0 spiro atoms. The highest BCUT2D eigenvalue weighted by atomic mass is 35.5. The fourth-order valence-electron chi connectivity index (χ4n) is 7.68.